The minimum absolute atomic E-state index is 0.0373. The normalized spacial score (nSPS) is 21.2. The summed E-state index contributed by atoms with van der Waals surface area (Å²) in [6, 6.07) is 9.91. The van der Waals surface area contributed by atoms with Gasteiger partial charge in [0.05, 0.1) is 24.3 Å². The summed E-state index contributed by atoms with van der Waals surface area (Å²) in [6.07, 6.45) is 2.71. The number of nitrogens with one attached hydrogen (secondary N) is 1. The number of likely N-dealkylation sites (tertiary alicyclic amines) is 1. The van der Waals surface area contributed by atoms with Crippen LogP contribution in [0.15, 0.2) is 36.5 Å². The highest BCUT2D eigenvalue weighted by atomic mass is 16.5. The predicted molar refractivity (Wildman–Crippen MR) is 103 cm³/mol. The maximum absolute atomic E-state index is 12.7. The van der Waals surface area contributed by atoms with Crippen LogP contribution in [-0.2, 0) is 23.3 Å². The number of aromatic nitrogens is 2. The Morgan fingerprint density at radius 3 is 2.93 bits per heavy atom. The van der Waals surface area contributed by atoms with Gasteiger partial charge in [-0.3, -0.25) is 0 Å². The molecule has 1 unspecified atom stereocenters. The zero-order valence-corrected chi connectivity index (χ0v) is 15.8. The van der Waals surface area contributed by atoms with Gasteiger partial charge in [0, 0.05) is 45.5 Å². The highest BCUT2D eigenvalue weighted by molar-refractivity contribution is 5.74. The smallest absolute Gasteiger partial charge is 0.317 e. The highest BCUT2D eigenvalue weighted by Gasteiger charge is 2.46. The lowest BCUT2D eigenvalue weighted by atomic mass is 9.80. The first-order valence-electron chi connectivity index (χ1n) is 9.26. The molecule has 27 heavy (non-hydrogen) atoms. The quantitative estimate of drug-likeness (QED) is 0.898. The molecule has 7 nitrogen and oxygen atoms in total. The van der Waals surface area contributed by atoms with Crippen LogP contribution in [0.4, 0.5) is 10.7 Å². The molecule has 1 aromatic heterocycles. The number of benzene rings is 1. The number of urea groups is 1. The van der Waals surface area contributed by atoms with Crippen LogP contribution >= 0.6 is 0 Å². The maximum atomic E-state index is 12.7. The molecule has 3 heterocycles. The van der Waals surface area contributed by atoms with Crippen molar-refractivity contribution in [1.82, 2.24) is 20.2 Å². The predicted octanol–water partition coefficient (Wildman–Crippen LogP) is 1.93. The number of amides is 2. The van der Waals surface area contributed by atoms with E-state index in [-0.39, 0.29) is 11.4 Å². The largest absolute Gasteiger partial charge is 0.376 e. The van der Waals surface area contributed by atoms with Crippen molar-refractivity contribution in [3.05, 3.63) is 53.3 Å². The maximum Gasteiger partial charge on any atom is 0.317 e. The van der Waals surface area contributed by atoms with Crippen LogP contribution in [0.1, 0.15) is 23.2 Å². The van der Waals surface area contributed by atoms with Crippen molar-refractivity contribution >= 4 is 12.0 Å². The summed E-state index contributed by atoms with van der Waals surface area (Å²) < 4.78 is 5.84. The Bertz CT molecular complexity index is 826. The number of carbonyl (C=O) groups is 1. The molecule has 1 aromatic carbocycles. The first-order chi connectivity index (χ1) is 13.1. The van der Waals surface area contributed by atoms with Gasteiger partial charge in [0.2, 0.25) is 5.95 Å². The van der Waals surface area contributed by atoms with E-state index in [2.05, 4.69) is 10.3 Å². The summed E-state index contributed by atoms with van der Waals surface area (Å²) in [5, 5.41) is 3.02. The van der Waals surface area contributed by atoms with Gasteiger partial charge in [0.25, 0.3) is 0 Å². The lowest BCUT2D eigenvalue weighted by molar-refractivity contribution is 0.0518. The van der Waals surface area contributed by atoms with E-state index in [0.29, 0.717) is 38.8 Å². The molecule has 1 saturated heterocycles. The Morgan fingerprint density at radius 2 is 2.15 bits per heavy atom. The lowest BCUT2D eigenvalue weighted by Crippen LogP contribution is -2.44. The Balaban J connectivity index is 1.49. The highest BCUT2D eigenvalue weighted by Crippen LogP contribution is 2.39. The van der Waals surface area contributed by atoms with Crippen LogP contribution in [0, 0.1) is 0 Å². The second kappa shape index (κ2) is 7.15. The molecule has 2 aromatic rings. The third-order valence-electron chi connectivity index (χ3n) is 5.32. The van der Waals surface area contributed by atoms with Gasteiger partial charge in [-0.2, -0.15) is 0 Å². The molecule has 2 aliphatic rings. The molecular formula is C20H25N5O2. The number of nitrogens with zero attached hydrogens (tertiary/aromatic N) is 4. The molecule has 4 rings (SSSR count). The zero-order valence-electron chi connectivity index (χ0n) is 15.8. The standard InChI is InChI=1S/C20H25N5O2/c1-24(2)18-21-11-16-12-27-14-20(17(16)23-18)8-9-25(13-20)19(26)22-10-15-6-4-3-5-7-15/h3-7,11H,8-10,12-14H2,1-2H3,(H,22,26). The van der Waals surface area contributed by atoms with Crippen LogP contribution in [0.2, 0.25) is 0 Å². The Kier molecular flexibility index (Phi) is 4.70. The second-order valence-corrected chi connectivity index (χ2v) is 7.53. The average Bonchev–Trinajstić information content (AvgIpc) is 3.12. The number of hydrogen-bond donors (Lipinski definition) is 1. The van der Waals surface area contributed by atoms with Crippen molar-refractivity contribution in [3.8, 4) is 0 Å². The van der Waals surface area contributed by atoms with E-state index in [1.54, 1.807) is 0 Å². The number of hydrogen-bond acceptors (Lipinski definition) is 5. The Labute approximate surface area is 159 Å². The first kappa shape index (κ1) is 17.7. The van der Waals surface area contributed by atoms with Crippen LogP contribution < -0.4 is 10.2 Å². The van der Waals surface area contributed by atoms with Gasteiger partial charge in [-0.1, -0.05) is 30.3 Å². The first-order valence-corrected chi connectivity index (χ1v) is 9.26. The number of rotatable bonds is 3. The van der Waals surface area contributed by atoms with E-state index < -0.39 is 0 Å². The monoisotopic (exact) mass is 367 g/mol. The number of anilines is 1. The van der Waals surface area contributed by atoms with Crippen molar-refractivity contribution in [2.45, 2.75) is 25.0 Å². The molecule has 0 aliphatic carbocycles. The van der Waals surface area contributed by atoms with E-state index in [4.69, 9.17) is 9.72 Å². The van der Waals surface area contributed by atoms with Crippen molar-refractivity contribution in [1.29, 1.82) is 0 Å². The van der Waals surface area contributed by atoms with E-state index in [1.165, 1.54) is 0 Å². The van der Waals surface area contributed by atoms with Crippen LogP contribution in [-0.4, -0.2) is 54.7 Å². The van der Waals surface area contributed by atoms with Gasteiger partial charge in [-0.15, -0.1) is 0 Å². The summed E-state index contributed by atoms with van der Waals surface area (Å²) in [7, 11) is 3.87. The molecule has 1 N–H and O–H groups in total. The fraction of sp³-hybridized carbons (Fsp3) is 0.450. The van der Waals surface area contributed by atoms with Gasteiger partial charge in [0.15, 0.2) is 0 Å². The molecular weight excluding hydrogens is 342 g/mol. The molecule has 0 saturated carbocycles. The van der Waals surface area contributed by atoms with Crippen LogP contribution in [0.5, 0.6) is 0 Å². The van der Waals surface area contributed by atoms with E-state index in [1.807, 2.05) is 60.4 Å². The lowest BCUT2D eigenvalue weighted by Gasteiger charge is -2.34. The van der Waals surface area contributed by atoms with Gasteiger partial charge < -0.3 is 19.9 Å². The van der Waals surface area contributed by atoms with Gasteiger partial charge in [-0.25, -0.2) is 14.8 Å². The summed E-state index contributed by atoms with van der Waals surface area (Å²) in [6.45, 7) is 2.97. The molecule has 142 valence electrons. The van der Waals surface area contributed by atoms with Gasteiger partial charge >= 0.3 is 6.03 Å². The molecule has 7 heteroatoms. The van der Waals surface area contributed by atoms with Crippen molar-refractivity contribution in [3.63, 3.8) is 0 Å². The van der Waals surface area contributed by atoms with Crippen molar-refractivity contribution in [2.24, 2.45) is 0 Å². The van der Waals surface area contributed by atoms with Gasteiger partial charge in [0.1, 0.15) is 0 Å². The number of fused-ring (bicyclic) bond motifs is 2. The third-order valence-corrected chi connectivity index (χ3v) is 5.32. The molecule has 2 aliphatic heterocycles. The third kappa shape index (κ3) is 3.47. The topological polar surface area (TPSA) is 70.6 Å². The SMILES string of the molecule is CN(C)c1ncc2c(n1)C1(CCN(C(=O)NCc3ccccc3)C1)COC2. The Morgan fingerprint density at radius 1 is 1.33 bits per heavy atom. The molecule has 1 fully saturated rings. The van der Waals surface area contributed by atoms with Crippen LogP contribution in [0.3, 0.4) is 0 Å². The second-order valence-electron chi connectivity index (χ2n) is 7.53. The summed E-state index contributed by atoms with van der Waals surface area (Å²) >= 11 is 0. The van der Waals surface area contributed by atoms with Gasteiger partial charge in [-0.05, 0) is 12.0 Å². The molecule has 0 bridgehead atoms. The van der Waals surface area contributed by atoms with E-state index in [0.717, 1.165) is 23.2 Å². The van der Waals surface area contributed by atoms with Crippen LogP contribution in [0.25, 0.3) is 0 Å². The minimum Gasteiger partial charge on any atom is -0.376 e. The van der Waals surface area contributed by atoms with E-state index in [9.17, 15) is 4.79 Å². The van der Waals surface area contributed by atoms with Crippen molar-refractivity contribution < 1.29 is 9.53 Å². The zero-order chi connectivity index (χ0) is 18.9. The fourth-order valence-electron chi connectivity index (χ4n) is 3.84. The average molecular weight is 367 g/mol. The molecule has 1 spiro atoms. The molecule has 1 atom stereocenters. The Hall–Kier alpha value is -2.67. The number of ether oxygens (including phenoxy) is 1. The summed E-state index contributed by atoms with van der Waals surface area (Å²) in [4.78, 5) is 25.7. The minimum atomic E-state index is -0.245. The summed E-state index contributed by atoms with van der Waals surface area (Å²) in [5.74, 6) is 0.696. The van der Waals surface area contributed by atoms with E-state index >= 15 is 0 Å². The molecule has 2 amide bonds. The molecule has 0 radical (unpaired) electrons. The fourth-order valence-corrected chi connectivity index (χ4v) is 3.84. The van der Waals surface area contributed by atoms with Crippen molar-refractivity contribution in [2.75, 3.05) is 38.7 Å². The summed E-state index contributed by atoms with van der Waals surface area (Å²) in [5.41, 5.74) is 2.91. The number of carbonyl (C=O) groups excluding carboxylic acids is 1.